The van der Waals surface area contributed by atoms with Crippen LogP contribution >= 0.6 is 23.1 Å². The topological polar surface area (TPSA) is 80.7 Å². The van der Waals surface area contributed by atoms with Crippen molar-refractivity contribution in [2.24, 2.45) is 5.92 Å². The zero-order valence-electron chi connectivity index (χ0n) is 24.1. The summed E-state index contributed by atoms with van der Waals surface area (Å²) in [5.74, 6) is 0.785. The van der Waals surface area contributed by atoms with E-state index in [0.717, 1.165) is 49.0 Å². The molecule has 6 nitrogen and oxygen atoms in total. The highest BCUT2D eigenvalue weighted by Crippen LogP contribution is 2.44. The molecule has 1 aliphatic rings. The van der Waals surface area contributed by atoms with Crippen LogP contribution in [0, 0.1) is 5.92 Å². The minimum Gasteiger partial charge on any atom is -0.392 e. The third kappa shape index (κ3) is 7.00. The van der Waals surface area contributed by atoms with Gasteiger partial charge in [0.1, 0.15) is 0 Å². The van der Waals surface area contributed by atoms with Gasteiger partial charge in [-0.15, -0.1) is 11.3 Å². The first-order chi connectivity index (χ1) is 21.0. The molecule has 0 bridgehead atoms. The van der Waals surface area contributed by atoms with Crippen LogP contribution < -0.4 is 5.32 Å². The minimum atomic E-state index is -0.554. The summed E-state index contributed by atoms with van der Waals surface area (Å²) in [5.41, 5.74) is 7.06. The van der Waals surface area contributed by atoms with Crippen molar-refractivity contribution in [2.45, 2.75) is 49.8 Å². The average molecular weight is 611 g/mol. The first-order valence-electron chi connectivity index (χ1n) is 14.4. The third-order valence-electron chi connectivity index (χ3n) is 7.73. The summed E-state index contributed by atoms with van der Waals surface area (Å²) in [6.45, 7) is 4.20. The molecule has 2 N–H and O–H groups in total. The Bertz CT molecular complexity index is 1670. The van der Waals surface area contributed by atoms with Crippen molar-refractivity contribution in [3.8, 4) is 11.1 Å². The monoisotopic (exact) mass is 610 g/mol. The van der Waals surface area contributed by atoms with E-state index in [1.54, 1.807) is 23.1 Å². The second kappa shape index (κ2) is 13.4. The Morgan fingerprint density at radius 2 is 1.67 bits per heavy atom. The lowest BCUT2D eigenvalue weighted by Gasteiger charge is -2.41. The number of nitrogens with one attached hydrogen (secondary N) is 1. The van der Waals surface area contributed by atoms with E-state index in [-0.39, 0.29) is 30.6 Å². The van der Waals surface area contributed by atoms with Crippen LogP contribution in [-0.4, -0.2) is 27.9 Å². The number of amides is 1. The number of rotatable bonds is 9. The molecule has 0 radical (unpaired) electrons. The standard InChI is InChI=1S/C35H34N2O4S2/c1-22-31(21-42-35-37-30-11-3-4-12-32(30)43-35)40-34(41-33(22)26-15-13-24(20-38)14-16-26)29-10-6-9-28(18-29)27-8-5-7-25(17-27)19-36-23(2)39/h3-18,22,31,33-34,38H,19-21H2,1-2H3,(H,36,39)/t22-,31+,33+,34+/m1/s1. The summed E-state index contributed by atoms with van der Waals surface area (Å²) in [5, 5.41) is 12.4. The molecule has 0 saturated carbocycles. The molecule has 220 valence electrons. The smallest absolute Gasteiger partial charge is 0.217 e. The number of aliphatic hydroxyl groups is 1. The largest absolute Gasteiger partial charge is 0.392 e. The third-order valence-corrected chi connectivity index (χ3v) is 10.00. The van der Waals surface area contributed by atoms with E-state index in [9.17, 15) is 9.90 Å². The predicted molar refractivity (Wildman–Crippen MR) is 173 cm³/mol. The van der Waals surface area contributed by atoms with Crippen molar-refractivity contribution in [2.75, 3.05) is 5.75 Å². The number of carbonyl (C=O) groups excluding carboxylic acids is 1. The normalized spacial score (nSPS) is 20.3. The fourth-order valence-corrected chi connectivity index (χ4v) is 7.59. The highest BCUT2D eigenvalue weighted by Gasteiger charge is 2.38. The Labute approximate surface area is 260 Å². The van der Waals surface area contributed by atoms with Crippen molar-refractivity contribution in [3.63, 3.8) is 0 Å². The average Bonchev–Trinajstić information content (AvgIpc) is 3.47. The zero-order valence-corrected chi connectivity index (χ0v) is 25.7. The Kier molecular flexibility index (Phi) is 9.21. The van der Waals surface area contributed by atoms with Gasteiger partial charge in [0.2, 0.25) is 5.91 Å². The molecule has 43 heavy (non-hydrogen) atoms. The van der Waals surface area contributed by atoms with Gasteiger partial charge >= 0.3 is 0 Å². The summed E-state index contributed by atoms with van der Waals surface area (Å²) < 4.78 is 15.6. The van der Waals surface area contributed by atoms with Crippen molar-refractivity contribution in [1.29, 1.82) is 0 Å². The second-order valence-electron chi connectivity index (χ2n) is 10.8. The molecule has 0 aliphatic carbocycles. The van der Waals surface area contributed by atoms with E-state index in [1.807, 2.05) is 60.7 Å². The highest BCUT2D eigenvalue weighted by molar-refractivity contribution is 8.01. The van der Waals surface area contributed by atoms with E-state index in [1.165, 1.54) is 11.6 Å². The number of nitrogens with zero attached hydrogens (tertiary/aromatic N) is 1. The van der Waals surface area contributed by atoms with Crippen LogP contribution in [-0.2, 0) is 27.4 Å². The highest BCUT2D eigenvalue weighted by atomic mass is 32.2. The molecule has 6 rings (SSSR count). The Morgan fingerprint density at radius 3 is 2.44 bits per heavy atom. The van der Waals surface area contributed by atoms with Gasteiger partial charge in [-0.25, -0.2) is 4.98 Å². The van der Waals surface area contributed by atoms with Gasteiger partial charge in [0.05, 0.1) is 29.0 Å². The number of hydrogen-bond donors (Lipinski definition) is 2. The van der Waals surface area contributed by atoms with Gasteiger partial charge in [-0.1, -0.05) is 91.5 Å². The van der Waals surface area contributed by atoms with Crippen molar-refractivity contribution in [1.82, 2.24) is 10.3 Å². The molecule has 2 heterocycles. The quantitative estimate of drug-likeness (QED) is 0.167. The van der Waals surface area contributed by atoms with Gasteiger partial charge in [0.25, 0.3) is 0 Å². The maximum Gasteiger partial charge on any atom is 0.217 e. The van der Waals surface area contributed by atoms with Gasteiger partial charge in [0.15, 0.2) is 10.6 Å². The Morgan fingerprint density at radius 1 is 0.907 bits per heavy atom. The summed E-state index contributed by atoms with van der Waals surface area (Å²) >= 11 is 3.44. The van der Waals surface area contributed by atoms with E-state index in [4.69, 9.17) is 14.5 Å². The number of ether oxygens (including phenoxy) is 2. The molecular formula is C35H34N2O4S2. The summed E-state index contributed by atoms with van der Waals surface area (Å²) in [6, 6.07) is 32.7. The molecule has 1 aromatic heterocycles. The molecule has 1 amide bonds. The zero-order chi connectivity index (χ0) is 29.8. The SMILES string of the molecule is CC(=O)NCc1cccc(-c2cccc([C@H]3O[C@@H](CSc4nc5ccccc5s4)[C@@H](C)[C@@H](c4ccc(CO)cc4)O3)c2)c1. The fraction of sp³-hybridized carbons (Fsp3) is 0.257. The van der Waals surface area contributed by atoms with Gasteiger partial charge in [0, 0.05) is 30.7 Å². The van der Waals surface area contributed by atoms with E-state index in [0.29, 0.717) is 6.54 Å². The van der Waals surface area contributed by atoms with E-state index >= 15 is 0 Å². The Balaban J connectivity index is 1.27. The lowest BCUT2D eigenvalue weighted by Crippen LogP contribution is -2.38. The fourth-order valence-electron chi connectivity index (χ4n) is 5.33. The first kappa shape index (κ1) is 29.5. The number of para-hydroxylation sites is 1. The number of aromatic nitrogens is 1. The molecule has 0 unspecified atom stereocenters. The van der Waals surface area contributed by atoms with Crippen LogP contribution in [0.2, 0.25) is 0 Å². The minimum absolute atomic E-state index is 0.00727. The lowest BCUT2D eigenvalue weighted by atomic mass is 9.91. The molecule has 4 atom stereocenters. The molecular weight excluding hydrogens is 577 g/mol. The van der Waals surface area contributed by atoms with Crippen LogP contribution in [0.4, 0.5) is 0 Å². The number of hydrogen-bond acceptors (Lipinski definition) is 7. The summed E-state index contributed by atoms with van der Waals surface area (Å²) in [4.78, 5) is 16.2. The molecule has 1 fully saturated rings. The second-order valence-corrected chi connectivity index (χ2v) is 13.1. The predicted octanol–water partition coefficient (Wildman–Crippen LogP) is 7.68. The number of benzene rings is 4. The number of thioether (sulfide) groups is 1. The lowest BCUT2D eigenvalue weighted by molar-refractivity contribution is -0.268. The van der Waals surface area contributed by atoms with E-state index in [2.05, 4.69) is 48.6 Å². The van der Waals surface area contributed by atoms with Crippen molar-refractivity contribution < 1.29 is 19.4 Å². The molecule has 8 heteroatoms. The van der Waals surface area contributed by atoms with Gasteiger partial charge in [-0.3, -0.25) is 4.79 Å². The summed E-state index contributed by atoms with van der Waals surface area (Å²) in [6.07, 6.45) is -0.817. The van der Waals surface area contributed by atoms with Crippen molar-refractivity contribution in [3.05, 3.63) is 119 Å². The van der Waals surface area contributed by atoms with Crippen LogP contribution in [0.5, 0.6) is 0 Å². The van der Waals surface area contributed by atoms with Crippen LogP contribution in [0.15, 0.2) is 101 Å². The van der Waals surface area contributed by atoms with Crippen LogP contribution in [0.1, 0.15) is 48.5 Å². The van der Waals surface area contributed by atoms with Gasteiger partial charge < -0.3 is 19.9 Å². The Hall–Kier alpha value is -3.53. The van der Waals surface area contributed by atoms with Crippen LogP contribution in [0.25, 0.3) is 21.3 Å². The molecule has 1 saturated heterocycles. The number of thiazole rings is 1. The van der Waals surface area contributed by atoms with Crippen LogP contribution in [0.3, 0.4) is 0 Å². The summed E-state index contributed by atoms with van der Waals surface area (Å²) in [7, 11) is 0. The maximum absolute atomic E-state index is 11.4. The number of fused-ring (bicyclic) bond motifs is 1. The number of carbonyl (C=O) groups is 1. The van der Waals surface area contributed by atoms with Gasteiger partial charge in [-0.2, -0.15) is 0 Å². The molecule has 5 aromatic rings. The number of aliphatic hydroxyl groups excluding tert-OH is 1. The van der Waals surface area contributed by atoms with Crippen molar-refractivity contribution >= 4 is 39.2 Å². The maximum atomic E-state index is 11.4. The molecule has 1 aliphatic heterocycles. The van der Waals surface area contributed by atoms with E-state index < -0.39 is 6.29 Å². The first-order valence-corrected chi connectivity index (χ1v) is 16.2. The van der Waals surface area contributed by atoms with Gasteiger partial charge in [-0.05, 0) is 52.1 Å². The molecule has 4 aromatic carbocycles. The molecule has 0 spiro atoms.